The Balaban J connectivity index is 1.29. The number of nitrogens with one attached hydrogen (secondary N) is 2. The molecule has 3 atom stereocenters. The van der Waals surface area contributed by atoms with Crippen LogP contribution >= 0.6 is 0 Å². The summed E-state index contributed by atoms with van der Waals surface area (Å²) < 4.78 is 0. The SMILES string of the molecule is O=C1N[C@@H]2CCCC[C@@H]2N[C@@H]1CC(=O)N1CCN(c2ccccc2)CC1. The Morgan fingerprint density at radius 1 is 1.00 bits per heavy atom. The Bertz CT molecular complexity index is 642. The van der Waals surface area contributed by atoms with Gasteiger partial charge in [-0.1, -0.05) is 31.0 Å². The molecular formula is C20H28N4O2. The summed E-state index contributed by atoms with van der Waals surface area (Å²) in [7, 11) is 0. The highest BCUT2D eigenvalue weighted by molar-refractivity contribution is 5.89. The second kappa shape index (κ2) is 7.66. The van der Waals surface area contributed by atoms with Gasteiger partial charge < -0.3 is 20.4 Å². The van der Waals surface area contributed by atoms with Crippen molar-refractivity contribution in [1.29, 1.82) is 0 Å². The maximum atomic E-state index is 12.7. The van der Waals surface area contributed by atoms with E-state index in [2.05, 4.69) is 27.7 Å². The van der Waals surface area contributed by atoms with Gasteiger partial charge in [0.05, 0.1) is 12.5 Å². The standard InChI is InChI=1S/C20H28N4O2/c25-19(14-18-20(26)22-17-9-5-4-8-16(17)21-18)24-12-10-23(11-13-24)15-6-2-1-3-7-15/h1-3,6-7,16-18,21H,4-5,8-14H2,(H,22,26)/t16-,17+,18+/m0/s1. The number of rotatable bonds is 3. The maximum absolute atomic E-state index is 12.7. The molecule has 6 heteroatoms. The van der Waals surface area contributed by atoms with Gasteiger partial charge in [-0.25, -0.2) is 0 Å². The van der Waals surface area contributed by atoms with Crippen molar-refractivity contribution in [1.82, 2.24) is 15.5 Å². The van der Waals surface area contributed by atoms with Crippen molar-refractivity contribution >= 4 is 17.5 Å². The number of hydrogen-bond acceptors (Lipinski definition) is 4. The molecule has 26 heavy (non-hydrogen) atoms. The Kier molecular flexibility index (Phi) is 5.11. The van der Waals surface area contributed by atoms with Gasteiger partial charge in [-0.2, -0.15) is 0 Å². The van der Waals surface area contributed by atoms with Gasteiger partial charge in [0.15, 0.2) is 0 Å². The van der Waals surface area contributed by atoms with E-state index in [1.54, 1.807) is 0 Å². The molecule has 2 amide bonds. The van der Waals surface area contributed by atoms with E-state index in [4.69, 9.17) is 0 Å². The number of benzene rings is 1. The minimum absolute atomic E-state index is 0.00979. The molecule has 0 spiro atoms. The molecule has 1 aromatic carbocycles. The largest absolute Gasteiger partial charge is 0.368 e. The third kappa shape index (κ3) is 3.70. The van der Waals surface area contributed by atoms with Crippen LogP contribution in [0.15, 0.2) is 30.3 Å². The fourth-order valence-electron chi connectivity index (χ4n) is 4.43. The second-order valence-electron chi connectivity index (χ2n) is 7.63. The third-order valence-corrected chi connectivity index (χ3v) is 5.96. The molecule has 140 valence electrons. The second-order valence-corrected chi connectivity index (χ2v) is 7.63. The number of nitrogens with zero attached hydrogens (tertiary/aromatic N) is 2. The van der Waals surface area contributed by atoms with Crippen molar-refractivity contribution in [3.63, 3.8) is 0 Å². The highest BCUT2D eigenvalue weighted by Crippen LogP contribution is 2.23. The van der Waals surface area contributed by atoms with Gasteiger partial charge in [-0.05, 0) is 25.0 Å². The van der Waals surface area contributed by atoms with Crippen molar-refractivity contribution in [3.8, 4) is 0 Å². The van der Waals surface area contributed by atoms with Crippen LogP contribution in [0.2, 0.25) is 0 Å². The number of amides is 2. The number of fused-ring (bicyclic) bond motifs is 1. The molecule has 1 saturated carbocycles. The quantitative estimate of drug-likeness (QED) is 0.852. The molecule has 2 N–H and O–H groups in total. The molecule has 0 bridgehead atoms. The smallest absolute Gasteiger partial charge is 0.237 e. The molecule has 0 aromatic heterocycles. The minimum atomic E-state index is -0.381. The summed E-state index contributed by atoms with van der Waals surface area (Å²) in [5.74, 6) is 0.0732. The van der Waals surface area contributed by atoms with E-state index in [9.17, 15) is 9.59 Å². The first-order valence-electron chi connectivity index (χ1n) is 9.85. The fraction of sp³-hybridized carbons (Fsp3) is 0.600. The lowest BCUT2D eigenvalue weighted by Crippen LogP contribution is -2.65. The lowest BCUT2D eigenvalue weighted by Gasteiger charge is -2.41. The predicted molar refractivity (Wildman–Crippen MR) is 101 cm³/mol. The van der Waals surface area contributed by atoms with Crippen LogP contribution in [-0.4, -0.2) is 61.0 Å². The number of carbonyl (C=O) groups is 2. The van der Waals surface area contributed by atoms with Crippen molar-refractivity contribution in [2.24, 2.45) is 0 Å². The lowest BCUT2D eigenvalue weighted by atomic mass is 9.87. The molecule has 3 fully saturated rings. The first-order valence-corrected chi connectivity index (χ1v) is 9.85. The number of hydrogen-bond donors (Lipinski definition) is 2. The van der Waals surface area contributed by atoms with Crippen molar-refractivity contribution < 1.29 is 9.59 Å². The topological polar surface area (TPSA) is 64.7 Å². The zero-order chi connectivity index (χ0) is 17.9. The number of carbonyl (C=O) groups excluding carboxylic acids is 2. The van der Waals surface area contributed by atoms with E-state index in [1.807, 2.05) is 23.1 Å². The molecule has 3 aliphatic rings. The molecule has 2 saturated heterocycles. The van der Waals surface area contributed by atoms with Gasteiger partial charge in [-0.3, -0.25) is 9.59 Å². The Morgan fingerprint density at radius 3 is 2.42 bits per heavy atom. The monoisotopic (exact) mass is 356 g/mol. The highest BCUT2D eigenvalue weighted by Gasteiger charge is 2.37. The van der Waals surface area contributed by atoms with Crippen molar-refractivity contribution in [2.75, 3.05) is 31.1 Å². The molecule has 2 aliphatic heterocycles. The summed E-state index contributed by atoms with van der Waals surface area (Å²) in [5, 5.41) is 6.56. The molecule has 0 unspecified atom stereocenters. The summed E-state index contributed by atoms with van der Waals surface area (Å²) >= 11 is 0. The summed E-state index contributed by atoms with van der Waals surface area (Å²) in [5.41, 5.74) is 1.20. The van der Waals surface area contributed by atoms with Crippen molar-refractivity contribution in [3.05, 3.63) is 30.3 Å². The summed E-state index contributed by atoms with van der Waals surface area (Å²) in [6.45, 7) is 3.11. The van der Waals surface area contributed by atoms with Gasteiger partial charge >= 0.3 is 0 Å². The van der Waals surface area contributed by atoms with Gasteiger partial charge in [0, 0.05) is 44.0 Å². The average Bonchev–Trinajstić information content (AvgIpc) is 2.69. The lowest BCUT2D eigenvalue weighted by molar-refractivity contribution is -0.136. The molecule has 1 aliphatic carbocycles. The highest BCUT2D eigenvalue weighted by atomic mass is 16.2. The van der Waals surface area contributed by atoms with Crippen LogP contribution in [0.4, 0.5) is 5.69 Å². The summed E-state index contributed by atoms with van der Waals surface area (Å²) in [6.07, 6.45) is 4.78. The van der Waals surface area contributed by atoms with Crippen LogP contribution in [0, 0.1) is 0 Å². The van der Waals surface area contributed by atoms with Crippen LogP contribution in [0.25, 0.3) is 0 Å². The minimum Gasteiger partial charge on any atom is -0.368 e. The van der Waals surface area contributed by atoms with Crippen molar-refractivity contribution in [2.45, 2.75) is 50.2 Å². The van der Waals surface area contributed by atoms with E-state index >= 15 is 0 Å². The third-order valence-electron chi connectivity index (χ3n) is 5.96. The Hall–Kier alpha value is -2.08. The van der Waals surface area contributed by atoms with Gasteiger partial charge in [0.25, 0.3) is 0 Å². The number of anilines is 1. The molecule has 2 heterocycles. The molecule has 1 aromatic rings. The van der Waals surface area contributed by atoms with E-state index < -0.39 is 0 Å². The first-order chi connectivity index (χ1) is 12.7. The van der Waals surface area contributed by atoms with Gasteiger partial charge in [0.2, 0.25) is 11.8 Å². The number of piperazine rings is 2. The van der Waals surface area contributed by atoms with E-state index in [0.29, 0.717) is 19.1 Å². The zero-order valence-corrected chi connectivity index (χ0v) is 15.2. The number of para-hydroxylation sites is 1. The Morgan fingerprint density at radius 2 is 1.69 bits per heavy atom. The van der Waals surface area contributed by atoms with Crippen LogP contribution in [0.3, 0.4) is 0 Å². The summed E-state index contributed by atoms with van der Waals surface area (Å²) in [4.78, 5) is 29.3. The fourth-order valence-corrected chi connectivity index (χ4v) is 4.43. The molecular weight excluding hydrogens is 328 g/mol. The normalized spacial score (nSPS) is 29.1. The van der Waals surface area contributed by atoms with Gasteiger partial charge in [0.1, 0.15) is 0 Å². The van der Waals surface area contributed by atoms with Crippen LogP contribution < -0.4 is 15.5 Å². The molecule has 0 radical (unpaired) electrons. The summed E-state index contributed by atoms with van der Waals surface area (Å²) in [6, 6.07) is 10.5. The van der Waals surface area contributed by atoms with Crippen LogP contribution in [0.1, 0.15) is 32.1 Å². The molecule has 6 nitrogen and oxygen atoms in total. The Labute approximate surface area is 154 Å². The molecule has 4 rings (SSSR count). The maximum Gasteiger partial charge on any atom is 0.237 e. The van der Waals surface area contributed by atoms with E-state index in [1.165, 1.54) is 18.5 Å². The van der Waals surface area contributed by atoms with Crippen LogP contribution in [-0.2, 0) is 9.59 Å². The average molecular weight is 356 g/mol. The predicted octanol–water partition coefficient (Wildman–Crippen LogP) is 1.12. The van der Waals surface area contributed by atoms with E-state index in [0.717, 1.165) is 25.9 Å². The van der Waals surface area contributed by atoms with E-state index in [-0.39, 0.29) is 30.3 Å². The van der Waals surface area contributed by atoms with Gasteiger partial charge in [-0.15, -0.1) is 0 Å². The van der Waals surface area contributed by atoms with Crippen LogP contribution in [0.5, 0.6) is 0 Å². The first kappa shape index (κ1) is 17.3. The zero-order valence-electron chi connectivity index (χ0n) is 15.2.